The van der Waals surface area contributed by atoms with Crippen molar-refractivity contribution in [3.05, 3.63) is 0 Å². The second-order valence-electron chi connectivity index (χ2n) is 5.37. The molecule has 17 heavy (non-hydrogen) atoms. The molecular weight excluding hydrogens is 220 g/mol. The molecule has 1 aliphatic rings. The summed E-state index contributed by atoms with van der Waals surface area (Å²) in [5.74, 6) is -0.523. The third-order valence-corrected chi connectivity index (χ3v) is 2.63. The SMILES string of the molecule is CC(C)(C)OC(=O)N1CCC[C@@H](O)[C@@H](C#N)C1. The van der Waals surface area contributed by atoms with Gasteiger partial charge in [0.05, 0.1) is 18.1 Å². The van der Waals surface area contributed by atoms with Crippen molar-refractivity contribution in [1.82, 2.24) is 4.90 Å². The van der Waals surface area contributed by atoms with Crippen LogP contribution in [0.25, 0.3) is 0 Å². The molecule has 2 atom stereocenters. The molecular formula is C12H20N2O3. The Morgan fingerprint density at radius 1 is 1.53 bits per heavy atom. The molecule has 1 rings (SSSR count). The van der Waals surface area contributed by atoms with Crippen molar-refractivity contribution in [3.8, 4) is 6.07 Å². The molecule has 1 heterocycles. The number of carbonyl (C=O) groups is 1. The summed E-state index contributed by atoms with van der Waals surface area (Å²) in [6, 6.07) is 2.04. The van der Waals surface area contributed by atoms with Gasteiger partial charge in [-0.3, -0.25) is 0 Å². The normalized spacial score (nSPS) is 25.9. The zero-order chi connectivity index (χ0) is 13.1. The standard InChI is InChI=1S/C12H20N2O3/c1-12(2,3)17-11(16)14-6-4-5-10(15)9(7-13)8-14/h9-10,15H,4-6,8H2,1-3H3/t9-,10+/m0/s1. The van der Waals surface area contributed by atoms with Gasteiger partial charge in [0.2, 0.25) is 0 Å². The molecule has 0 aliphatic carbocycles. The zero-order valence-corrected chi connectivity index (χ0v) is 10.6. The van der Waals surface area contributed by atoms with Gasteiger partial charge in [0.15, 0.2) is 0 Å². The second kappa shape index (κ2) is 5.37. The Morgan fingerprint density at radius 2 is 2.18 bits per heavy atom. The van der Waals surface area contributed by atoms with Crippen molar-refractivity contribution in [1.29, 1.82) is 5.26 Å². The number of nitriles is 1. The molecule has 1 fully saturated rings. The highest BCUT2D eigenvalue weighted by Gasteiger charge is 2.30. The molecule has 96 valence electrons. The van der Waals surface area contributed by atoms with Crippen LogP contribution in [0.4, 0.5) is 4.79 Å². The Bertz CT molecular complexity index is 317. The van der Waals surface area contributed by atoms with Crippen molar-refractivity contribution >= 4 is 6.09 Å². The van der Waals surface area contributed by atoms with Crippen molar-refractivity contribution in [2.75, 3.05) is 13.1 Å². The number of aliphatic hydroxyl groups excluding tert-OH is 1. The lowest BCUT2D eigenvalue weighted by Crippen LogP contribution is -2.40. The average Bonchev–Trinajstić information content (AvgIpc) is 2.37. The molecule has 0 unspecified atom stereocenters. The molecule has 5 heteroatoms. The average molecular weight is 240 g/mol. The maximum absolute atomic E-state index is 11.8. The van der Waals surface area contributed by atoms with E-state index in [2.05, 4.69) is 0 Å². The Morgan fingerprint density at radius 3 is 2.71 bits per heavy atom. The molecule has 0 radical (unpaired) electrons. The summed E-state index contributed by atoms with van der Waals surface area (Å²) in [5, 5.41) is 18.6. The van der Waals surface area contributed by atoms with Crippen LogP contribution in [0.5, 0.6) is 0 Å². The Hall–Kier alpha value is -1.28. The van der Waals surface area contributed by atoms with E-state index in [0.717, 1.165) is 0 Å². The number of ether oxygens (including phenoxy) is 1. The van der Waals surface area contributed by atoms with Crippen molar-refractivity contribution in [2.45, 2.75) is 45.3 Å². The molecule has 0 aromatic carbocycles. The van der Waals surface area contributed by atoms with Crippen LogP contribution in [0.3, 0.4) is 0 Å². The highest BCUT2D eigenvalue weighted by Crippen LogP contribution is 2.19. The Balaban J connectivity index is 2.65. The van der Waals surface area contributed by atoms with Crippen LogP contribution >= 0.6 is 0 Å². The van der Waals surface area contributed by atoms with Crippen LogP contribution in [0.2, 0.25) is 0 Å². The van der Waals surface area contributed by atoms with E-state index < -0.39 is 23.7 Å². The van der Waals surface area contributed by atoms with E-state index in [1.807, 2.05) is 6.07 Å². The monoisotopic (exact) mass is 240 g/mol. The predicted octanol–water partition coefficient (Wildman–Crippen LogP) is 1.52. The highest BCUT2D eigenvalue weighted by molar-refractivity contribution is 5.68. The lowest BCUT2D eigenvalue weighted by atomic mass is 10.0. The number of carbonyl (C=O) groups excluding carboxylic acids is 1. The van der Waals surface area contributed by atoms with Gasteiger partial charge < -0.3 is 14.7 Å². The second-order valence-corrected chi connectivity index (χ2v) is 5.37. The van der Waals surface area contributed by atoms with Gasteiger partial charge in [-0.1, -0.05) is 0 Å². The van der Waals surface area contributed by atoms with Gasteiger partial charge in [0.25, 0.3) is 0 Å². The predicted molar refractivity (Wildman–Crippen MR) is 62.2 cm³/mol. The molecule has 0 spiro atoms. The summed E-state index contributed by atoms with van der Waals surface area (Å²) in [6.45, 7) is 6.19. The van der Waals surface area contributed by atoms with Gasteiger partial charge in [-0.15, -0.1) is 0 Å². The van der Waals surface area contributed by atoms with Crippen LogP contribution in [0.1, 0.15) is 33.6 Å². The summed E-state index contributed by atoms with van der Waals surface area (Å²) in [4.78, 5) is 13.4. The quantitative estimate of drug-likeness (QED) is 0.696. The number of amides is 1. The van der Waals surface area contributed by atoms with E-state index in [-0.39, 0.29) is 6.54 Å². The number of nitrogens with zero attached hydrogens (tertiary/aromatic N) is 2. The molecule has 0 aromatic heterocycles. The minimum Gasteiger partial charge on any atom is -0.444 e. The molecule has 1 saturated heterocycles. The molecule has 0 saturated carbocycles. The van der Waals surface area contributed by atoms with Crippen molar-refractivity contribution < 1.29 is 14.6 Å². The lowest BCUT2D eigenvalue weighted by molar-refractivity contribution is 0.0228. The molecule has 0 bridgehead atoms. The van der Waals surface area contributed by atoms with E-state index in [1.165, 1.54) is 4.90 Å². The van der Waals surface area contributed by atoms with Crippen molar-refractivity contribution in [3.63, 3.8) is 0 Å². The number of aliphatic hydroxyl groups is 1. The molecule has 1 N–H and O–H groups in total. The van der Waals surface area contributed by atoms with Crippen LogP contribution in [-0.2, 0) is 4.74 Å². The fourth-order valence-corrected chi connectivity index (χ4v) is 1.76. The van der Waals surface area contributed by atoms with E-state index >= 15 is 0 Å². The topological polar surface area (TPSA) is 73.6 Å². The summed E-state index contributed by atoms with van der Waals surface area (Å²) in [5.41, 5.74) is -0.538. The number of hydrogen-bond donors (Lipinski definition) is 1. The van der Waals surface area contributed by atoms with Crippen LogP contribution < -0.4 is 0 Å². The minimum absolute atomic E-state index is 0.243. The Kier molecular flexibility index (Phi) is 4.35. The van der Waals surface area contributed by atoms with Crippen LogP contribution in [0.15, 0.2) is 0 Å². The van der Waals surface area contributed by atoms with Gasteiger partial charge in [0, 0.05) is 13.1 Å². The van der Waals surface area contributed by atoms with Gasteiger partial charge in [-0.05, 0) is 33.6 Å². The fraction of sp³-hybridized carbons (Fsp3) is 0.833. The molecule has 1 amide bonds. The first-order chi connectivity index (χ1) is 7.83. The van der Waals surface area contributed by atoms with Crippen LogP contribution in [0, 0.1) is 17.2 Å². The first-order valence-corrected chi connectivity index (χ1v) is 5.89. The van der Waals surface area contributed by atoms with Gasteiger partial charge in [-0.25, -0.2) is 4.79 Å². The smallest absolute Gasteiger partial charge is 0.410 e. The molecule has 0 aromatic rings. The molecule has 1 aliphatic heterocycles. The number of likely N-dealkylation sites (tertiary alicyclic amines) is 1. The summed E-state index contributed by atoms with van der Waals surface area (Å²) in [7, 11) is 0. The number of hydrogen-bond acceptors (Lipinski definition) is 4. The summed E-state index contributed by atoms with van der Waals surface area (Å²) in [6.07, 6.45) is 0.190. The largest absolute Gasteiger partial charge is 0.444 e. The lowest BCUT2D eigenvalue weighted by Gasteiger charge is -2.27. The van der Waals surface area contributed by atoms with Crippen molar-refractivity contribution in [2.24, 2.45) is 5.92 Å². The van der Waals surface area contributed by atoms with E-state index in [4.69, 9.17) is 10.00 Å². The fourth-order valence-electron chi connectivity index (χ4n) is 1.76. The van der Waals surface area contributed by atoms with Gasteiger partial charge in [-0.2, -0.15) is 5.26 Å². The van der Waals surface area contributed by atoms with Gasteiger partial charge >= 0.3 is 6.09 Å². The third kappa shape index (κ3) is 4.23. The third-order valence-electron chi connectivity index (χ3n) is 2.63. The zero-order valence-electron chi connectivity index (χ0n) is 10.6. The maximum atomic E-state index is 11.8. The highest BCUT2D eigenvalue weighted by atomic mass is 16.6. The molecule has 5 nitrogen and oxygen atoms in total. The van der Waals surface area contributed by atoms with E-state index in [9.17, 15) is 9.90 Å². The first kappa shape index (κ1) is 13.8. The first-order valence-electron chi connectivity index (χ1n) is 5.89. The van der Waals surface area contributed by atoms with Gasteiger partial charge in [0.1, 0.15) is 5.60 Å². The summed E-state index contributed by atoms with van der Waals surface area (Å²) < 4.78 is 5.26. The van der Waals surface area contributed by atoms with E-state index in [1.54, 1.807) is 20.8 Å². The minimum atomic E-state index is -0.646. The van der Waals surface area contributed by atoms with E-state index in [0.29, 0.717) is 19.4 Å². The summed E-state index contributed by atoms with van der Waals surface area (Å²) >= 11 is 0. The maximum Gasteiger partial charge on any atom is 0.410 e. The number of rotatable bonds is 0. The Labute approximate surface area is 102 Å². The van der Waals surface area contributed by atoms with Crippen LogP contribution in [-0.4, -0.2) is 40.9 Å².